The molecule has 4 nitrogen and oxygen atoms in total. The zero-order valence-electron chi connectivity index (χ0n) is 12.1. The summed E-state index contributed by atoms with van der Waals surface area (Å²) in [6, 6.07) is 15.3. The van der Waals surface area contributed by atoms with Gasteiger partial charge in [0.15, 0.2) is 5.16 Å². The van der Waals surface area contributed by atoms with Crippen molar-refractivity contribution in [2.45, 2.75) is 10.9 Å². The van der Waals surface area contributed by atoms with Gasteiger partial charge in [0, 0.05) is 29.6 Å². The van der Waals surface area contributed by atoms with Crippen molar-refractivity contribution >= 4 is 33.5 Å². The highest BCUT2D eigenvalue weighted by atomic mass is 32.2. The molecule has 4 aromatic rings. The van der Waals surface area contributed by atoms with E-state index < -0.39 is 0 Å². The standard InChI is InChI=1S/C18H12N2O2S/c21-16-10-13(11-23-18-19-8-3-9-20-18)17-14-5-2-1-4-12(14)6-7-15(17)22-16/h1-10H,11H2. The van der Waals surface area contributed by atoms with Gasteiger partial charge < -0.3 is 4.42 Å². The number of thioether (sulfide) groups is 1. The van der Waals surface area contributed by atoms with Gasteiger partial charge in [-0.25, -0.2) is 14.8 Å². The number of aromatic nitrogens is 2. The van der Waals surface area contributed by atoms with Crippen molar-refractivity contribution < 1.29 is 4.42 Å². The van der Waals surface area contributed by atoms with Crippen molar-refractivity contribution in [3.8, 4) is 0 Å². The normalized spacial score (nSPS) is 11.1. The Labute approximate surface area is 136 Å². The summed E-state index contributed by atoms with van der Waals surface area (Å²) in [4.78, 5) is 20.3. The zero-order chi connectivity index (χ0) is 15.6. The summed E-state index contributed by atoms with van der Waals surface area (Å²) in [5.41, 5.74) is 1.21. The average molecular weight is 320 g/mol. The molecule has 0 spiro atoms. The molecule has 0 atom stereocenters. The van der Waals surface area contributed by atoms with Crippen molar-refractivity contribution in [1.29, 1.82) is 0 Å². The highest BCUT2D eigenvalue weighted by Gasteiger charge is 2.10. The topological polar surface area (TPSA) is 56.0 Å². The lowest BCUT2D eigenvalue weighted by Gasteiger charge is -2.08. The maximum atomic E-state index is 11.8. The van der Waals surface area contributed by atoms with Crippen molar-refractivity contribution in [2.75, 3.05) is 0 Å². The summed E-state index contributed by atoms with van der Waals surface area (Å²) in [6.07, 6.45) is 3.42. The molecule has 2 aromatic carbocycles. The predicted octanol–water partition coefficient (Wildman–Crippen LogP) is 4.03. The SMILES string of the molecule is O=c1cc(CSc2ncccn2)c2c(ccc3ccccc32)o1. The first-order valence-corrected chi connectivity index (χ1v) is 8.14. The number of hydrogen-bond donors (Lipinski definition) is 0. The molecule has 0 unspecified atom stereocenters. The molecule has 112 valence electrons. The molecule has 0 aliphatic carbocycles. The molecular weight excluding hydrogens is 308 g/mol. The molecule has 0 N–H and O–H groups in total. The Hall–Kier alpha value is -2.66. The number of rotatable bonds is 3. The summed E-state index contributed by atoms with van der Waals surface area (Å²) in [5, 5.41) is 3.87. The smallest absolute Gasteiger partial charge is 0.336 e. The Balaban J connectivity index is 1.87. The number of fused-ring (bicyclic) bond motifs is 3. The molecule has 0 aliphatic heterocycles. The Morgan fingerprint density at radius 1 is 1.00 bits per heavy atom. The van der Waals surface area contributed by atoms with E-state index in [1.54, 1.807) is 24.5 Å². The molecule has 0 saturated carbocycles. The Morgan fingerprint density at radius 3 is 2.70 bits per heavy atom. The summed E-state index contributed by atoms with van der Waals surface area (Å²) in [7, 11) is 0. The van der Waals surface area contributed by atoms with E-state index in [1.165, 1.54) is 11.8 Å². The molecule has 0 saturated heterocycles. The zero-order valence-corrected chi connectivity index (χ0v) is 12.9. The van der Waals surface area contributed by atoms with Crippen LogP contribution in [0.3, 0.4) is 0 Å². The lowest BCUT2D eigenvalue weighted by molar-refractivity contribution is 0.560. The van der Waals surface area contributed by atoms with Crippen LogP contribution in [0.15, 0.2) is 75.3 Å². The van der Waals surface area contributed by atoms with Crippen molar-refractivity contribution in [2.24, 2.45) is 0 Å². The summed E-state index contributed by atoms with van der Waals surface area (Å²) >= 11 is 1.50. The van der Waals surface area contributed by atoms with E-state index in [0.29, 0.717) is 16.5 Å². The highest BCUT2D eigenvalue weighted by molar-refractivity contribution is 7.98. The van der Waals surface area contributed by atoms with Crippen molar-refractivity contribution in [3.05, 3.63) is 76.9 Å². The molecule has 0 fully saturated rings. The number of nitrogens with zero attached hydrogens (tertiary/aromatic N) is 2. The molecule has 0 amide bonds. The lowest BCUT2D eigenvalue weighted by atomic mass is 10.0. The minimum Gasteiger partial charge on any atom is -0.423 e. The van der Waals surface area contributed by atoms with Crippen LogP contribution < -0.4 is 5.63 Å². The first kappa shape index (κ1) is 14.0. The highest BCUT2D eigenvalue weighted by Crippen LogP contribution is 2.30. The van der Waals surface area contributed by atoms with E-state index in [4.69, 9.17) is 4.42 Å². The molecule has 23 heavy (non-hydrogen) atoms. The van der Waals surface area contributed by atoms with Gasteiger partial charge in [-0.1, -0.05) is 42.1 Å². The van der Waals surface area contributed by atoms with Gasteiger partial charge in [0.2, 0.25) is 0 Å². The summed E-state index contributed by atoms with van der Waals surface area (Å²) in [5.74, 6) is 0.611. The Kier molecular flexibility index (Phi) is 3.55. The van der Waals surface area contributed by atoms with Crippen LogP contribution in [0.25, 0.3) is 21.7 Å². The molecule has 0 bridgehead atoms. The van der Waals surface area contributed by atoms with Gasteiger partial charge in [0.1, 0.15) is 5.58 Å². The maximum absolute atomic E-state index is 11.8. The van der Waals surface area contributed by atoms with E-state index in [0.717, 1.165) is 21.7 Å². The van der Waals surface area contributed by atoms with Gasteiger partial charge >= 0.3 is 5.63 Å². The Bertz CT molecular complexity index is 1040. The maximum Gasteiger partial charge on any atom is 0.336 e. The summed E-state index contributed by atoms with van der Waals surface area (Å²) in [6.45, 7) is 0. The minimum absolute atomic E-state index is 0.336. The second-order valence-electron chi connectivity index (χ2n) is 5.07. The summed E-state index contributed by atoms with van der Waals surface area (Å²) < 4.78 is 5.37. The number of benzene rings is 2. The van der Waals surface area contributed by atoms with Crippen LogP contribution in [0.2, 0.25) is 0 Å². The van der Waals surface area contributed by atoms with Crippen molar-refractivity contribution in [3.63, 3.8) is 0 Å². The fourth-order valence-electron chi connectivity index (χ4n) is 2.64. The van der Waals surface area contributed by atoms with Gasteiger partial charge in [-0.3, -0.25) is 0 Å². The predicted molar refractivity (Wildman–Crippen MR) is 91.6 cm³/mol. The Morgan fingerprint density at radius 2 is 1.83 bits per heavy atom. The van der Waals surface area contributed by atoms with Crippen molar-refractivity contribution in [1.82, 2.24) is 9.97 Å². The largest absolute Gasteiger partial charge is 0.423 e. The lowest BCUT2D eigenvalue weighted by Crippen LogP contribution is -2.00. The molecule has 2 aromatic heterocycles. The molecule has 5 heteroatoms. The van der Waals surface area contributed by atoms with Crippen LogP contribution in [0, 0.1) is 0 Å². The second-order valence-corrected chi connectivity index (χ2v) is 6.01. The number of hydrogen-bond acceptors (Lipinski definition) is 5. The molecule has 0 radical (unpaired) electrons. The fraction of sp³-hybridized carbons (Fsp3) is 0.0556. The average Bonchev–Trinajstić information content (AvgIpc) is 2.60. The van der Waals surface area contributed by atoms with Crippen LogP contribution in [0.1, 0.15) is 5.56 Å². The van der Waals surface area contributed by atoms with Crippen LogP contribution in [-0.4, -0.2) is 9.97 Å². The minimum atomic E-state index is -0.336. The van der Waals surface area contributed by atoms with E-state index in [9.17, 15) is 4.79 Å². The first-order chi connectivity index (χ1) is 11.3. The first-order valence-electron chi connectivity index (χ1n) is 7.15. The van der Waals surface area contributed by atoms with Crippen LogP contribution >= 0.6 is 11.8 Å². The van der Waals surface area contributed by atoms with Gasteiger partial charge in [0.05, 0.1) is 0 Å². The molecule has 2 heterocycles. The van der Waals surface area contributed by atoms with Gasteiger partial charge in [0.25, 0.3) is 0 Å². The quantitative estimate of drug-likeness (QED) is 0.247. The van der Waals surface area contributed by atoms with Gasteiger partial charge in [-0.2, -0.15) is 0 Å². The second kappa shape index (κ2) is 5.85. The van der Waals surface area contributed by atoms with Gasteiger partial charge in [-0.15, -0.1) is 0 Å². The van der Waals surface area contributed by atoms with Gasteiger partial charge in [-0.05, 0) is 28.5 Å². The monoisotopic (exact) mass is 320 g/mol. The third kappa shape index (κ3) is 2.71. The van der Waals surface area contributed by atoms with Crippen LogP contribution in [0.4, 0.5) is 0 Å². The van der Waals surface area contributed by atoms with E-state index in [2.05, 4.69) is 16.0 Å². The van der Waals surface area contributed by atoms with Crippen LogP contribution in [-0.2, 0) is 5.75 Å². The van der Waals surface area contributed by atoms with E-state index >= 15 is 0 Å². The third-order valence-electron chi connectivity index (χ3n) is 3.61. The van der Waals surface area contributed by atoms with E-state index in [-0.39, 0.29) is 5.63 Å². The fourth-order valence-corrected chi connectivity index (χ4v) is 3.42. The molecular formula is C18H12N2O2S. The van der Waals surface area contributed by atoms with E-state index in [1.807, 2.05) is 30.3 Å². The third-order valence-corrected chi connectivity index (χ3v) is 4.54. The van der Waals surface area contributed by atoms with Crippen LogP contribution in [0.5, 0.6) is 0 Å². The molecule has 0 aliphatic rings. The molecule has 4 rings (SSSR count).